The molecule has 5 nitrogen and oxygen atoms in total. The Morgan fingerprint density at radius 2 is 1.90 bits per heavy atom. The molecule has 1 aromatic rings. The predicted octanol–water partition coefficient (Wildman–Crippen LogP) is 1.03. The first-order valence-electron chi connectivity index (χ1n) is 6.49. The van der Waals surface area contributed by atoms with Gasteiger partial charge in [0.2, 0.25) is 5.91 Å². The molecular weight excluding hydrogens is 278 g/mol. The lowest BCUT2D eigenvalue weighted by Crippen LogP contribution is -2.40. The highest BCUT2D eigenvalue weighted by Crippen LogP contribution is 2.19. The molecule has 2 rings (SSSR count). The van der Waals surface area contributed by atoms with Gasteiger partial charge >= 0.3 is 0 Å². The van der Waals surface area contributed by atoms with Gasteiger partial charge < -0.3 is 16.0 Å². The van der Waals surface area contributed by atoms with E-state index >= 15 is 0 Å². The van der Waals surface area contributed by atoms with E-state index in [0.717, 1.165) is 25.9 Å². The third kappa shape index (κ3) is 3.49. The minimum absolute atomic E-state index is 0. The van der Waals surface area contributed by atoms with E-state index in [2.05, 4.69) is 5.32 Å². The van der Waals surface area contributed by atoms with Crippen molar-refractivity contribution in [2.75, 3.05) is 20.1 Å². The fraction of sp³-hybridized carbons (Fsp3) is 0.429. The molecule has 1 saturated heterocycles. The largest absolute Gasteiger partial charge is 0.366 e. The second-order valence-corrected chi connectivity index (χ2v) is 4.79. The molecule has 0 aromatic heterocycles. The van der Waals surface area contributed by atoms with Crippen molar-refractivity contribution in [3.63, 3.8) is 0 Å². The number of benzene rings is 1. The van der Waals surface area contributed by atoms with Crippen LogP contribution in [0.3, 0.4) is 0 Å². The van der Waals surface area contributed by atoms with Gasteiger partial charge in [-0.1, -0.05) is 0 Å². The van der Waals surface area contributed by atoms with Crippen LogP contribution >= 0.6 is 12.4 Å². The number of nitrogens with one attached hydrogen (secondary N) is 1. The van der Waals surface area contributed by atoms with Crippen LogP contribution in [0.4, 0.5) is 0 Å². The summed E-state index contributed by atoms with van der Waals surface area (Å²) in [5.41, 5.74) is 6.21. The molecule has 1 atom stereocenters. The van der Waals surface area contributed by atoms with Crippen LogP contribution in [0.15, 0.2) is 24.3 Å². The number of nitrogens with two attached hydrogens (primary N) is 1. The number of hydrogen-bond donors (Lipinski definition) is 2. The Kier molecular flexibility index (Phi) is 5.98. The number of amides is 2. The molecule has 0 saturated carbocycles. The molecule has 1 aromatic carbocycles. The molecule has 2 amide bonds. The molecule has 1 fully saturated rings. The van der Waals surface area contributed by atoms with Crippen molar-refractivity contribution in [3.8, 4) is 0 Å². The number of likely N-dealkylation sites (N-methyl/N-ethyl adjacent to an activating group) is 1. The number of halogens is 1. The smallest absolute Gasteiger partial charge is 0.254 e. The van der Waals surface area contributed by atoms with E-state index in [1.165, 1.54) is 0 Å². The van der Waals surface area contributed by atoms with Crippen LogP contribution in [-0.4, -0.2) is 42.9 Å². The second kappa shape index (κ2) is 7.26. The zero-order chi connectivity index (χ0) is 13.8. The maximum Gasteiger partial charge on any atom is 0.254 e. The summed E-state index contributed by atoms with van der Waals surface area (Å²) >= 11 is 0. The van der Waals surface area contributed by atoms with E-state index < -0.39 is 5.91 Å². The molecule has 1 aliphatic heterocycles. The van der Waals surface area contributed by atoms with Crippen LogP contribution in [0.25, 0.3) is 0 Å². The molecule has 0 aliphatic carbocycles. The van der Waals surface area contributed by atoms with Gasteiger partial charge in [0.1, 0.15) is 0 Å². The van der Waals surface area contributed by atoms with Crippen molar-refractivity contribution in [2.45, 2.75) is 18.9 Å². The number of carbonyl (C=O) groups excluding carboxylic acids is 2. The highest BCUT2D eigenvalue weighted by molar-refractivity contribution is 5.97. The Morgan fingerprint density at radius 3 is 2.45 bits per heavy atom. The monoisotopic (exact) mass is 297 g/mol. The lowest BCUT2D eigenvalue weighted by atomic mass is 10.1. The minimum atomic E-state index is -0.478. The maximum absolute atomic E-state index is 12.4. The molecule has 6 heteroatoms. The Bertz CT molecular complexity index is 476. The fourth-order valence-corrected chi connectivity index (χ4v) is 2.49. The number of nitrogens with zero attached hydrogens (tertiary/aromatic N) is 1. The van der Waals surface area contributed by atoms with Crippen molar-refractivity contribution < 1.29 is 9.59 Å². The lowest BCUT2D eigenvalue weighted by molar-refractivity contribution is 0.0736. The molecule has 1 aliphatic rings. The SMILES string of the molecule is CNCC1CCCN1C(=O)c1ccc(C(N)=O)cc1.Cl. The zero-order valence-electron chi connectivity index (χ0n) is 11.5. The molecule has 3 N–H and O–H groups in total. The molecule has 1 heterocycles. The zero-order valence-corrected chi connectivity index (χ0v) is 12.3. The summed E-state index contributed by atoms with van der Waals surface area (Å²) in [6.45, 7) is 1.61. The first kappa shape index (κ1) is 16.5. The number of rotatable bonds is 4. The number of primary amides is 1. The van der Waals surface area contributed by atoms with Crippen LogP contribution in [-0.2, 0) is 0 Å². The van der Waals surface area contributed by atoms with Crippen molar-refractivity contribution in [3.05, 3.63) is 35.4 Å². The van der Waals surface area contributed by atoms with Crippen molar-refractivity contribution in [2.24, 2.45) is 5.73 Å². The molecule has 0 bridgehead atoms. The van der Waals surface area contributed by atoms with E-state index in [9.17, 15) is 9.59 Å². The normalized spacial score (nSPS) is 17.6. The highest BCUT2D eigenvalue weighted by atomic mass is 35.5. The third-order valence-corrected chi connectivity index (χ3v) is 3.49. The first-order chi connectivity index (χ1) is 9.13. The van der Waals surface area contributed by atoms with E-state index in [0.29, 0.717) is 11.1 Å². The van der Waals surface area contributed by atoms with Gasteiger partial charge in [0.25, 0.3) is 5.91 Å². The van der Waals surface area contributed by atoms with Gasteiger partial charge in [-0.2, -0.15) is 0 Å². The summed E-state index contributed by atoms with van der Waals surface area (Å²) in [6.07, 6.45) is 2.07. The van der Waals surface area contributed by atoms with Gasteiger partial charge in [0.15, 0.2) is 0 Å². The Labute approximate surface area is 124 Å². The molecule has 0 radical (unpaired) electrons. The molecule has 1 unspecified atom stereocenters. The average Bonchev–Trinajstić information content (AvgIpc) is 2.87. The number of carbonyl (C=O) groups is 2. The summed E-state index contributed by atoms with van der Waals surface area (Å²) < 4.78 is 0. The summed E-state index contributed by atoms with van der Waals surface area (Å²) in [7, 11) is 1.89. The van der Waals surface area contributed by atoms with Gasteiger partial charge in [0, 0.05) is 30.3 Å². The van der Waals surface area contributed by atoms with E-state index in [-0.39, 0.29) is 24.4 Å². The lowest BCUT2D eigenvalue weighted by Gasteiger charge is -2.24. The standard InChI is InChI=1S/C14H19N3O2.ClH/c1-16-9-12-3-2-8-17(12)14(19)11-6-4-10(5-7-11)13(15)18;/h4-7,12,16H,2-3,8-9H2,1H3,(H2,15,18);1H. The summed E-state index contributed by atoms with van der Waals surface area (Å²) in [5.74, 6) is -0.456. The van der Waals surface area contributed by atoms with Gasteiger partial charge in [-0.05, 0) is 44.2 Å². The molecule has 110 valence electrons. The summed E-state index contributed by atoms with van der Waals surface area (Å²) in [6, 6.07) is 6.78. The van der Waals surface area contributed by atoms with E-state index in [1.54, 1.807) is 24.3 Å². The summed E-state index contributed by atoms with van der Waals surface area (Å²) in [4.78, 5) is 25.3. The van der Waals surface area contributed by atoms with Crippen molar-refractivity contribution in [1.82, 2.24) is 10.2 Å². The predicted molar refractivity (Wildman–Crippen MR) is 80.2 cm³/mol. The topological polar surface area (TPSA) is 75.4 Å². The average molecular weight is 298 g/mol. The molecule has 20 heavy (non-hydrogen) atoms. The van der Waals surface area contributed by atoms with Crippen molar-refractivity contribution in [1.29, 1.82) is 0 Å². The Hall–Kier alpha value is -1.59. The van der Waals surface area contributed by atoms with Gasteiger partial charge in [0.05, 0.1) is 0 Å². The first-order valence-corrected chi connectivity index (χ1v) is 6.49. The van der Waals surface area contributed by atoms with E-state index in [1.807, 2.05) is 11.9 Å². The fourth-order valence-electron chi connectivity index (χ4n) is 2.49. The van der Waals surface area contributed by atoms with Crippen LogP contribution < -0.4 is 11.1 Å². The maximum atomic E-state index is 12.4. The number of likely N-dealkylation sites (tertiary alicyclic amines) is 1. The Balaban J connectivity index is 0.00000200. The Morgan fingerprint density at radius 1 is 1.30 bits per heavy atom. The third-order valence-electron chi connectivity index (χ3n) is 3.49. The van der Waals surface area contributed by atoms with Gasteiger partial charge in [-0.25, -0.2) is 0 Å². The second-order valence-electron chi connectivity index (χ2n) is 4.79. The highest BCUT2D eigenvalue weighted by Gasteiger charge is 2.28. The molecule has 0 spiro atoms. The quantitative estimate of drug-likeness (QED) is 0.871. The van der Waals surface area contributed by atoms with Gasteiger partial charge in [-0.15, -0.1) is 12.4 Å². The van der Waals surface area contributed by atoms with E-state index in [4.69, 9.17) is 5.73 Å². The van der Waals surface area contributed by atoms with Gasteiger partial charge in [-0.3, -0.25) is 9.59 Å². The van der Waals surface area contributed by atoms with Crippen molar-refractivity contribution >= 4 is 24.2 Å². The number of hydrogen-bond acceptors (Lipinski definition) is 3. The van der Waals surface area contributed by atoms with Crippen LogP contribution in [0.2, 0.25) is 0 Å². The van der Waals surface area contributed by atoms with Crippen LogP contribution in [0.1, 0.15) is 33.6 Å². The minimum Gasteiger partial charge on any atom is -0.366 e. The van der Waals surface area contributed by atoms with Crippen LogP contribution in [0, 0.1) is 0 Å². The summed E-state index contributed by atoms with van der Waals surface area (Å²) in [5, 5.41) is 3.11. The molecular formula is C14H20ClN3O2. The van der Waals surface area contributed by atoms with Crippen LogP contribution in [0.5, 0.6) is 0 Å².